The van der Waals surface area contributed by atoms with Gasteiger partial charge < -0.3 is 20.1 Å². The molecule has 0 aromatic carbocycles. The number of rotatable bonds is 5. The van der Waals surface area contributed by atoms with E-state index in [-0.39, 0.29) is 19.1 Å². The number of halogens is 1. The third kappa shape index (κ3) is 3.00. The number of amides is 1. The van der Waals surface area contributed by atoms with Gasteiger partial charge in [-0.15, -0.1) is 0 Å². The molecular weight excluding hydrogens is 244 g/mol. The molecule has 1 aromatic rings. The summed E-state index contributed by atoms with van der Waals surface area (Å²) in [5.41, 5.74) is 0.502. The van der Waals surface area contributed by atoms with E-state index in [9.17, 15) is 4.79 Å². The first-order valence-corrected chi connectivity index (χ1v) is 5.94. The van der Waals surface area contributed by atoms with Crippen molar-refractivity contribution >= 4 is 17.5 Å². The molecule has 0 spiro atoms. The molecule has 1 fully saturated rings. The Labute approximate surface area is 104 Å². The number of carbonyl (C=O) groups excluding carboxylic acids is 1. The summed E-state index contributed by atoms with van der Waals surface area (Å²) in [4.78, 5) is 11.8. The summed E-state index contributed by atoms with van der Waals surface area (Å²) in [6.07, 6.45) is 2.94. The molecule has 0 aliphatic heterocycles. The van der Waals surface area contributed by atoms with Gasteiger partial charge in [-0.3, -0.25) is 4.79 Å². The van der Waals surface area contributed by atoms with Crippen molar-refractivity contribution < 1.29 is 15.0 Å². The third-order valence-corrected chi connectivity index (χ3v) is 2.90. The molecule has 94 valence electrons. The standard InChI is InChI=1S/C11H15ClN2O3/c12-7-3-10(14(5-7)8-1-2-8)11(17)13-4-9(16)6-15/h3,5,8-9,15-16H,1-2,4,6H2,(H,13,17). The Morgan fingerprint density at radius 2 is 2.35 bits per heavy atom. The Morgan fingerprint density at radius 3 is 2.94 bits per heavy atom. The molecule has 2 rings (SSSR count). The van der Waals surface area contributed by atoms with Crippen molar-refractivity contribution in [2.75, 3.05) is 13.2 Å². The minimum absolute atomic E-state index is 0.0306. The number of aliphatic hydroxyl groups excluding tert-OH is 2. The maximum atomic E-state index is 11.8. The molecule has 1 aliphatic rings. The van der Waals surface area contributed by atoms with Gasteiger partial charge in [-0.05, 0) is 18.9 Å². The number of aliphatic hydroxyl groups is 2. The Morgan fingerprint density at radius 1 is 1.65 bits per heavy atom. The Kier molecular flexibility index (Phi) is 3.71. The summed E-state index contributed by atoms with van der Waals surface area (Å²) in [5, 5.41) is 20.9. The maximum absolute atomic E-state index is 11.8. The van der Waals surface area contributed by atoms with Crippen LogP contribution >= 0.6 is 11.6 Å². The molecule has 1 aromatic heterocycles. The zero-order valence-electron chi connectivity index (χ0n) is 9.27. The van der Waals surface area contributed by atoms with Crippen LogP contribution in [0.15, 0.2) is 12.3 Å². The molecule has 1 atom stereocenters. The summed E-state index contributed by atoms with van der Waals surface area (Å²) in [7, 11) is 0. The first kappa shape index (κ1) is 12.4. The van der Waals surface area contributed by atoms with Crippen LogP contribution in [0, 0.1) is 0 Å². The topological polar surface area (TPSA) is 74.5 Å². The molecule has 3 N–H and O–H groups in total. The van der Waals surface area contributed by atoms with Crippen LogP contribution in [0.1, 0.15) is 29.4 Å². The molecular formula is C11H15ClN2O3. The van der Waals surface area contributed by atoms with Gasteiger partial charge in [0.15, 0.2) is 0 Å². The zero-order valence-corrected chi connectivity index (χ0v) is 10.0. The van der Waals surface area contributed by atoms with Crippen LogP contribution in [0.3, 0.4) is 0 Å². The zero-order chi connectivity index (χ0) is 12.4. The summed E-state index contributed by atoms with van der Waals surface area (Å²) in [6, 6.07) is 1.98. The number of hydrogen-bond acceptors (Lipinski definition) is 3. The van der Waals surface area contributed by atoms with Gasteiger partial charge in [0.25, 0.3) is 5.91 Å². The van der Waals surface area contributed by atoms with Crippen molar-refractivity contribution in [3.63, 3.8) is 0 Å². The Hall–Kier alpha value is -1.04. The molecule has 1 saturated carbocycles. The minimum Gasteiger partial charge on any atom is -0.394 e. The highest BCUT2D eigenvalue weighted by Crippen LogP contribution is 2.37. The lowest BCUT2D eigenvalue weighted by Gasteiger charge is -2.10. The SMILES string of the molecule is O=C(NCC(O)CO)c1cc(Cl)cn1C1CC1. The summed E-state index contributed by atoms with van der Waals surface area (Å²) in [6.45, 7) is -0.340. The van der Waals surface area contributed by atoms with Gasteiger partial charge in [0.1, 0.15) is 5.69 Å². The van der Waals surface area contributed by atoms with E-state index in [4.69, 9.17) is 21.8 Å². The van der Waals surface area contributed by atoms with Crippen LogP contribution in [-0.4, -0.2) is 39.9 Å². The van der Waals surface area contributed by atoms with Gasteiger partial charge >= 0.3 is 0 Å². The summed E-state index contributed by atoms with van der Waals surface area (Å²) in [5.74, 6) is -0.281. The minimum atomic E-state index is -0.932. The van der Waals surface area contributed by atoms with Crippen LogP contribution < -0.4 is 5.32 Å². The fraction of sp³-hybridized carbons (Fsp3) is 0.545. The van der Waals surface area contributed by atoms with E-state index < -0.39 is 6.10 Å². The van der Waals surface area contributed by atoms with Crippen molar-refractivity contribution in [1.29, 1.82) is 0 Å². The van der Waals surface area contributed by atoms with E-state index in [1.54, 1.807) is 12.3 Å². The second-order valence-electron chi connectivity index (χ2n) is 4.23. The first-order valence-electron chi connectivity index (χ1n) is 5.56. The molecule has 1 unspecified atom stereocenters. The molecule has 0 radical (unpaired) electrons. The number of nitrogens with zero attached hydrogens (tertiary/aromatic N) is 1. The number of hydrogen-bond donors (Lipinski definition) is 3. The van der Waals surface area contributed by atoms with Crippen LogP contribution in [0.5, 0.6) is 0 Å². The van der Waals surface area contributed by atoms with Crippen LogP contribution in [0.2, 0.25) is 5.02 Å². The van der Waals surface area contributed by atoms with Crippen molar-refractivity contribution in [2.24, 2.45) is 0 Å². The summed E-state index contributed by atoms with van der Waals surface area (Å²) < 4.78 is 1.86. The predicted molar refractivity (Wildman–Crippen MR) is 63.1 cm³/mol. The van der Waals surface area contributed by atoms with Crippen molar-refractivity contribution in [1.82, 2.24) is 9.88 Å². The van der Waals surface area contributed by atoms with Crippen molar-refractivity contribution in [3.05, 3.63) is 23.0 Å². The van der Waals surface area contributed by atoms with Gasteiger partial charge in [-0.25, -0.2) is 0 Å². The van der Waals surface area contributed by atoms with Crippen LogP contribution in [0.25, 0.3) is 0 Å². The molecule has 6 heteroatoms. The van der Waals surface area contributed by atoms with E-state index in [2.05, 4.69) is 5.32 Å². The molecule has 1 heterocycles. The molecule has 1 aliphatic carbocycles. The molecule has 0 bridgehead atoms. The van der Waals surface area contributed by atoms with Gasteiger partial charge in [-0.1, -0.05) is 11.6 Å². The highest BCUT2D eigenvalue weighted by Gasteiger charge is 2.27. The average Bonchev–Trinajstić information content (AvgIpc) is 3.09. The van der Waals surface area contributed by atoms with E-state index >= 15 is 0 Å². The summed E-state index contributed by atoms with van der Waals surface area (Å²) >= 11 is 5.88. The van der Waals surface area contributed by atoms with Gasteiger partial charge in [0, 0.05) is 18.8 Å². The van der Waals surface area contributed by atoms with Gasteiger partial charge in [-0.2, -0.15) is 0 Å². The number of nitrogens with one attached hydrogen (secondary N) is 1. The van der Waals surface area contributed by atoms with E-state index in [0.717, 1.165) is 12.8 Å². The number of carbonyl (C=O) groups is 1. The second-order valence-corrected chi connectivity index (χ2v) is 4.66. The smallest absolute Gasteiger partial charge is 0.268 e. The van der Waals surface area contributed by atoms with E-state index in [1.165, 1.54) is 0 Å². The van der Waals surface area contributed by atoms with Crippen LogP contribution in [-0.2, 0) is 0 Å². The number of aromatic nitrogens is 1. The quantitative estimate of drug-likeness (QED) is 0.722. The van der Waals surface area contributed by atoms with E-state index in [0.29, 0.717) is 16.8 Å². The third-order valence-electron chi connectivity index (χ3n) is 2.70. The lowest BCUT2D eigenvalue weighted by atomic mass is 10.3. The average molecular weight is 259 g/mol. The fourth-order valence-corrected chi connectivity index (χ4v) is 1.86. The largest absolute Gasteiger partial charge is 0.394 e. The molecule has 17 heavy (non-hydrogen) atoms. The highest BCUT2D eigenvalue weighted by molar-refractivity contribution is 6.31. The molecule has 5 nitrogen and oxygen atoms in total. The lowest BCUT2D eigenvalue weighted by molar-refractivity contribution is 0.0796. The highest BCUT2D eigenvalue weighted by atomic mass is 35.5. The monoisotopic (exact) mass is 258 g/mol. The Balaban J connectivity index is 2.03. The normalized spacial score (nSPS) is 16.9. The maximum Gasteiger partial charge on any atom is 0.268 e. The van der Waals surface area contributed by atoms with E-state index in [1.807, 2.05) is 4.57 Å². The van der Waals surface area contributed by atoms with Crippen LogP contribution in [0.4, 0.5) is 0 Å². The molecule has 0 saturated heterocycles. The predicted octanol–water partition coefficient (Wildman–Crippen LogP) is 0.559. The Bertz CT molecular complexity index is 415. The van der Waals surface area contributed by atoms with Crippen molar-refractivity contribution in [2.45, 2.75) is 25.0 Å². The van der Waals surface area contributed by atoms with Gasteiger partial charge in [0.2, 0.25) is 0 Å². The lowest BCUT2D eigenvalue weighted by Crippen LogP contribution is -2.34. The second kappa shape index (κ2) is 5.08. The molecule has 1 amide bonds. The van der Waals surface area contributed by atoms with Gasteiger partial charge in [0.05, 0.1) is 17.7 Å². The fourth-order valence-electron chi connectivity index (χ4n) is 1.65. The first-order chi connectivity index (χ1) is 8.11. The van der Waals surface area contributed by atoms with Crippen molar-refractivity contribution in [3.8, 4) is 0 Å².